The van der Waals surface area contributed by atoms with E-state index >= 15 is 0 Å². The molecule has 1 N–H and O–H groups in total. The van der Waals surface area contributed by atoms with E-state index in [9.17, 15) is 4.79 Å². The lowest BCUT2D eigenvalue weighted by Gasteiger charge is -2.10. The number of nitrogens with zero attached hydrogens (tertiary/aromatic N) is 4. The number of aromatic nitrogens is 4. The smallest absolute Gasteiger partial charge is 0.275 e. The third-order valence-corrected chi connectivity index (χ3v) is 4.32. The molecular formula is C21H21N5O2. The molecule has 0 spiro atoms. The number of fused-ring (bicyclic) bond motifs is 1. The summed E-state index contributed by atoms with van der Waals surface area (Å²) in [5, 5.41) is 6.90. The average Bonchev–Trinajstić information content (AvgIpc) is 3.29. The number of carbonyl (C=O) groups is 1. The molecular weight excluding hydrogens is 354 g/mol. The molecule has 7 heteroatoms. The van der Waals surface area contributed by atoms with E-state index in [0.717, 1.165) is 16.8 Å². The van der Waals surface area contributed by atoms with Crippen LogP contribution in [0.25, 0.3) is 17.0 Å². The van der Waals surface area contributed by atoms with Crippen molar-refractivity contribution in [1.29, 1.82) is 0 Å². The molecule has 0 unspecified atom stereocenters. The predicted octanol–water partition coefficient (Wildman–Crippen LogP) is 4.24. The second-order valence-electron chi connectivity index (χ2n) is 7.80. The van der Waals surface area contributed by atoms with Gasteiger partial charge in [0.2, 0.25) is 11.7 Å². The van der Waals surface area contributed by atoms with Gasteiger partial charge in [-0.1, -0.05) is 25.9 Å². The molecule has 0 bridgehead atoms. The van der Waals surface area contributed by atoms with Gasteiger partial charge in [-0.3, -0.25) is 4.79 Å². The lowest BCUT2D eigenvalue weighted by molar-refractivity contribution is 0.102. The van der Waals surface area contributed by atoms with E-state index in [-0.39, 0.29) is 11.3 Å². The predicted molar refractivity (Wildman–Crippen MR) is 106 cm³/mol. The van der Waals surface area contributed by atoms with Crippen molar-refractivity contribution in [2.45, 2.75) is 33.1 Å². The molecule has 7 nitrogen and oxygen atoms in total. The van der Waals surface area contributed by atoms with Crippen LogP contribution in [0, 0.1) is 6.92 Å². The average molecular weight is 375 g/mol. The van der Waals surface area contributed by atoms with Gasteiger partial charge in [0, 0.05) is 29.1 Å². The molecule has 0 fully saturated rings. The third-order valence-electron chi connectivity index (χ3n) is 4.32. The highest BCUT2D eigenvalue weighted by molar-refractivity contribution is 6.03. The summed E-state index contributed by atoms with van der Waals surface area (Å²) in [5.41, 5.74) is 3.49. The number of imidazole rings is 1. The quantitative estimate of drug-likeness (QED) is 0.579. The van der Waals surface area contributed by atoms with Gasteiger partial charge in [0.15, 0.2) is 0 Å². The summed E-state index contributed by atoms with van der Waals surface area (Å²) in [6, 6.07) is 11.2. The zero-order valence-electron chi connectivity index (χ0n) is 16.2. The molecule has 0 atom stereocenters. The van der Waals surface area contributed by atoms with Crippen LogP contribution in [0.15, 0.2) is 53.3 Å². The molecule has 1 amide bonds. The first-order chi connectivity index (χ1) is 13.3. The van der Waals surface area contributed by atoms with E-state index < -0.39 is 0 Å². The molecule has 142 valence electrons. The molecule has 4 rings (SSSR count). The maximum Gasteiger partial charge on any atom is 0.275 e. The first kappa shape index (κ1) is 17.9. The second-order valence-corrected chi connectivity index (χ2v) is 7.80. The fourth-order valence-electron chi connectivity index (χ4n) is 2.74. The second kappa shape index (κ2) is 6.60. The molecule has 4 aromatic rings. The monoisotopic (exact) mass is 375 g/mol. The van der Waals surface area contributed by atoms with Gasteiger partial charge >= 0.3 is 0 Å². The van der Waals surface area contributed by atoms with E-state index in [4.69, 9.17) is 4.52 Å². The number of benzene rings is 1. The zero-order valence-corrected chi connectivity index (χ0v) is 16.2. The summed E-state index contributed by atoms with van der Waals surface area (Å²) in [4.78, 5) is 21.3. The standard InChI is InChI=1S/C21H21N5O2/c1-13-9-10-26-12-16(23-17(26)11-13)19(27)22-15-7-5-14(6-8-15)18-24-20(28-25-18)21(2,3)4/h5-12H,1-4H3,(H,22,27). The minimum atomic E-state index is -0.260. The zero-order chi connectivity index (χ0) is 19.9. The van der Waals surface area contributed by atoms with Gasteiger partial charge in [0.05, 0.1) is 0 Å². The van der Waals surface area contributed by atoms with Gasteiger partial charge < -0.3 is 14.2 Å². The van der Waals surface area contributed by atoms with Crippen molar-refractivity contribution >= 4 is 17.2 Å². The van der Waals surface area contributed by atoms with Crippen LogP contribution in [0.2, 0.25) is 0 Å². The number of carbonyl (C=O) groups excluding carboxylic acids is 1. The molecule has 0 saturated heterocycles. The molecule has 1 aromatic carbocycles. The summed E-state index contributed by atoms with van der Waals surface area (Å²) >= 11 is 0. The van der Waals surface area contributed by atoms with Crippen molar-refractivity contribution in [3.05, 3.63) is 65.9 Å². The number of rotatable bonds is 3. The van der Waals surface area contributed by atoms with E-state index in [0.29, 0.717) is 23.1 Å². The van der Waals surface area contributed by atoms with Crippen molar-refractivity contribution in [3.8, 4) is 11.4 Å². The molecule has 0 aliphatic heterocycles. The Morgan fingerprint density at radius 2 is 1.86 bits per heavy atom. The van der Waals surface area contributed by atoms with Crippen LogP contribution in [0.1, 0.15) is 42.7 Å². The van der Waals surface area contributed by atoms with Crippen LogP contribution < -0.4 is 5.32 Å². The highest BCUT2D eigenvalue weighted by atomic mass is 16.5. The third kappa shape index (κ3) is 3.51. The SMILES string of the molecule is Cc1ccn2cc(C(=O)Nc3ccc(-c4noc(C(C)(C)C)n4)cc3)nc2c1. The van der Waals surface area contributed by atoms with Gasteiger partial charge in [-0.25, -0.2) is 4.98 Å². The lowest BCUT2D eigenvalue weighted by atomic mass is 9.97. The Kier molecular flexibility index (Phi) is 4.22. The van der Waals surface area contributed by atoms with Gasteiger partial charge in [-0.15, -0.1) is 0 Å². The first-order valence-electron chi connectivity index (χ1n) is 9.01. The van der Waals surface area contributed by atoms with Crippen molar-refractivity contribution in [2.24, 2.45) is 0 Å². The fourth-order valence-corrected chi connectivity index (χ4v) is 2.74. The van der Waals surface area contributed by atoms with Crippen LogP contribution in [-0.2, 0) is 5.41 Å². The Bertz CT molecular complexity index is 1150. The molecule has 0 aliphatic carbocycles. The lowest BCUT2D eigenvalue weighted by Crippen LogP contribution is -2.12. The minimum absolute atomic E-state index is 0.203. The van der Waals surface area contributed by atoms with Crippen molar-refractivity contribution in [1.82, 2.24) is 19.5 Å². The van der Waals surface area contributed by atoms with Crippen LogP contribution >= 0.6 is 0 Å². The van der Waals surface area contributed by atoms with Crippen LogP contribution in [0.5, 0.6) is 0 Å². The van der Waals surface area contributed by atoms with Gasteiger partial charge in [-0.05, 0) is 48.9 Å². The minimum Gasteiger partial charge on any atom is -0.338 e. The number of aryl methyl sites for hydroxylation is 1. The molecule has 0 aliphatic rings. The molecule has 0 radical (unpaired) electrons. The van der Waals surface area contributed by atoms with E-state index in [1.54, 1.807) is 18.3 Å². The summed E-state index contributed by atoms with van der Waals surface area (Å²) < 4.78 is 7.16. The number of pyridine rings is 1. The van der Waals surface area contributed by atoms with E-state index in [2.05, 4.69) is 20.4 Å². The Morgan fingerprint density at radius 3 is 2.54 bits per heavy atom. The largest absolute Gasteiger partial charge is 0.338 e. The highest BCUT2D eigenvalue weighted by Crippen LogP contribution is 2.24. The highest BCUT2D eigenvalue weighted by Gasteiger charge is 2.22. The molecule has 3 heterocycles. The Morgan fingerprint density at radius 1 is 1.11 bits per heavy atom. The van der Waals surface area contributed by atoms with E-state index in [1.165, 1.54) is 0 Å². The molecule has 28 heavy (non-hydrogen) atoms. The number of hydrogen-bond donors (Lipinski definition) is 1. The summed E-state index contributed by atoms with van der Waals surface area (Å²) in [6.45, 7) is 8.04. The Labute approximate surface area is 162 Å². The maximum atomic E-state index is 12.5. The van der Waals surface area contributed by atoms with Gasteiger partial charge in [-0.2, -0.15) is 4.98 Å². The fraction of sp³-hybridized carbons (Fsp3) is 0.238. The van der Waals surface area contributed by atoms with Crippen LogP contribution in [0.4, 0.5) is 5.69 Å². The molecule has 3 aromatic heterocycles. The Hall–Kier alpha value is -3.48. The number of nitrogens with one attached hydrogen (secondary N) is 1. The number of amides is 1. The summed E-state index contributed by atoms with van der Waals surface area (Å²) in [7, 11) is 0. The van der Waals surface area contributed by atoms with E-state index in [1.807, 2.05) is 62.6 Å². The summed E-state index contributed by atoms with van der Waals surface area (Å²) in [6.07, 6.45) is 3.60. The van der Waals surface area contributed by atoms with Crippen molar-refractivity contribution in [2.75, 3.05) is 5.32 Å². The summed E-state index contributed by atoms with van der Waals surface area (Å²) in [5.74, 6) is 0.851. The number of anilines is 1. The normalized spacial score (nSPS) is 11.7. The van der Waals surface area contributed by atoms with Crippen LogP contribution in [-0.4, -0.2) is 25.4 Å². The Balaban J connectivity index is 1.50. The van der Waals surface area contributed by atoms with Gasteiger partial charge in [0.1, 0.15) is 11.3 Å². The van der Waals surface area contributed by atoms with Crippen LogP contribution in [0.3, 0.4) is 0 Å². The van der Waals surface area contributed by atoms with Crippen molar-refractivity contribution in [3.63, 3.8) is 0 Å². The topological polar surface area (TPSA) is 85.3 Å². The molecule has 0 saturated carbocycles. The van der Waals surface area contributed by atoms with Crippen molar-refractivity contribution < 1.29 is 9.32 Å². The maximum absolute atomic E-state index is 12.5. The number of hydrogen-bond acceptors (Lipinski definition) is 5. The first-order valence-corrected chi connectivity index (χ1v) is 9.01. The van der Waals surface area contributed by atoms with Gasteiger partial charge in [0.25, 0.3) is 5.91 Å².